The van der Waals surface area contributed by atoms with Crippen LogP contribution in [0.1, 0.15) is 0 Å². The predicted molar refractivity (Wildman–Crippen MR) is 45.8 cm³/mol. The van der Waals surface area contributed by atoms with Crippen molar-refractivity contribution in [1.82, 2.24) is 12.3 Å². The quantitative estimate of drug-likeness (QED) is 0.156. The Morgan fingerprint density at radius 1 is 1.00 bits per heavy atom. The van der Waals surface area contributed by atoms with Gasteiger partial charge in [0.2, 0.25) is 0 Å². The van der Waals surface area contributed by atoms with E-state index in [1.54, 1.807) is 0 Å². The number of rotatable bonds is 3. The second kappa shape index (κ2) is 29.5. The van der Waals surface area contributed by atoms with E-state index in [0.29, 0.717) is 0 Å². The van der Waals surface area contributed by atoms with E-state index in [4.69, 9.17) is 31.2 Å². The third-order valence-corrected chi connectivity index (χ3v) is 0.945. The van der Waals surface area contributed by atoms with Gasteiger partial charge in [0.1, 0.15) is 0 Å². The molecule has 9 nitrogen and oxygen atoms in total. The van der Waals surface area contributed by atoms with Crippen molar-refractivity contribution in [3.8, 4) is 0 Å². The van der Waals surface area contributed by atoms with E-state index in [1.165, 1.54) is 5.34 Å². The summed E-state index contributed by atoms with van der Waals surface area (Å²) in [5.74, 6) is 0. The van der Waals surface area contributed by atoms with Crippen LogP contribution in [0.2, 0.25) is 0 Å². The predicted octanol–water partition coefficient (Wildman–Crippen LogP) is -7.87. The Bertz CT molecular complexity index is 104. The molecule has 0 radical (unpaired) electrons. The maximum absolute atomic E-state index is 8.34. The van der Waals surface area contributed by atoms with Gasteiger partial charge in [-0.2, -0.15) is 0 Å². The van der Waals surface area contributed by atoms with E-state index in [0.717, 1.165) is 0 Å². The topological polar surface area (TPSA) is 206 Å². The first-order valence-corrected chi connectivity index (χ1v) is 2.68. The fourth-order valence-corrected chi connectivity index (χ4v) is 0.150. The fraction of sp³-hybridized carbons (Fsp3) is 1.00. The summed E-state index contributed by atoms with van der Waals surface area (Å²) in [7, 11) is 0. The molecular formula is C4H18Cl2N4O5Pt+2. The second-order valence-corrected chi connectivity index (χ2v) is 1.92. The van der Waals surface area contributed by atoms with Crippen LogP contribution < -0.4 is 42.8 Å². The largest absolute Gasteiger partial charge is 4.00 e. The molecule has 0 aromatic rings. The Morgan fingerprint density at radius 2 is 1.12 bits per heavy atom. The van der Waals surface area contributed by atoms with Gasteiger partial charge in [0, 0.05) is 0 Å². The molecule has 0 aliphatic rings. The van der Waals surface area contributed by atoms with E-state index >= 15 is 0 Å². The first-order chi connectivity index (χ1) is 5.10. The van der Waals surface area contributed by atoms with Crippen LogP contribution in [-0.2, 0) is 21.1 Å². The van der Waals surface area contributed by atoms with Crippen LogP contribution in [0.4, 0.5) is 0 Å². The Balaban J connectivity index is -0.0000000185. The molecule has 0 fully saturated rings. The number of aliphatic hydroxyl groups is 3. The Labute approximate surface area is 120 Å². The van der Waals surface area contributed by atoms with E-state index in [-0.39, 0.29) is 58.2 Å². The van der Waals surface area contributed by atoms with Crippen molar-refractivity contribution >= 4 is 0 Å². The smallest absolute Gasteiger partial charge is 1.00 e. The molecule has 0 aromatic carbocycles. The molecule has 106 valence electrons. The van der Waals surface area contributed by atoms with Crippen LogP contribution in [0, 0.1) is 4.91 Å². The number of halogens is 2. The van der Waals surface area contributed by atoms with Crippen molar-refractivity contribution in [3.63, 3.8) is 0 Å². The summed E-state index contributed by atoms with van der Waals surface area (Å²) < 4.78 is 0. The van der Waals surface area contributed by atoms with Gasteiger partial charge >= 0.3 is 21.1 Å². The standard InChI is InChI=1S/C4H11NO3.2ClH.HNO2.2H3N.Pt/c5-4(1-6,2-7)3-8;;;2-1-3;;;/h6-8H,1-3,5H2;2*1H;(H,2,3);2*1H3;/q;;;;;;+4/p-2. The number of nitrogens with two attached hydrogens (primary N) is 1. The molecule has 0 unspecified atom stereocenters. The molecule has 0 saturated heterocycles. The number of nitrogens with zero attached hydrogens (tertiary/aromatic N) is 1. The summed E-state index contributed by atoms with van der Waals surface area (Å²) in [6.07, 6.45) is 0. The number of aliphatic hydroxyl groups excluding tert-OH is 3. The minimum atomic E-state index is -1.21. The first-order valence-electron chi connectivity index (χ1n) is 2.68. The van der Waals surface area contributed by atoms with E-state index in [9.17, 15) is 0 Å². The molecule has 0 aliphatic carbocycles. The minimum absolute atomic E-state index is 0. The van der Waals surface area contributed by atoms with Crippen LogP contribution in [-0.4, -0.2) is 45.9 Å². The molecule has 12 heteroatoms. The van der Waals surface area contributed by atoms with Crippen molar-refractivity contribution in [2.75, 3.05) is 19.8 Å². The maximum Gasteiger partial charge on any atom is 4.00 e. The average Bonchev–Trinajstić information content (AvgIpc) is 2.05. The van der Waals surface area contributed by atoms with Crippen LogP contribution in [0.25, 0.3) is 0 Å². The monoisotopic (exact) mass is 467 g/mol. The molecule has 0 bridgehead atoms. The fourth-order valence-electron chi connectivity index (χ4n) is 0.150. The zero-order valence-electron chi connectivity index (χ0n) is 8.33. The van der Waals surface area contributed by atoms with Gasteiger partial charge in [0.15, 0.2) is 5.34 Å². The summed E-state index contributed by atoms with van der Waals surface area (Å²) in [6.45, 7) is -1.21. The molecule has 0 saturated carbocycles. The van der Waals surface area contributed by atoms with Crippen molar-refractivity contribution in [2.24, 2.45) is 11.1 Å². The summed E-state index contributed by atoms with van der Waals surface area (Å²) in [6, 6.07) is 0. The van der Waals surface area contributed by atoms with Gasteiger partial charge in [-0.15, -0.1) is 4.91 Å². The van der Waals surface area contributed by atoms with Crippen molar-refractivity contribution in [2.45, 2.75) is 5.54 Å². The summed E-state index contributed by atoms with van der Waals surface area (Å²) in [5, 5.41) is 32.9. The van der Waals surface area contributed by atoms with Crippen molar-refractivity contribution < 1.29 is 66.4 Å². The summed E-state index contributed by atoms with van der Waals surface area (Å²) >= 11 is 0. The van der Waals surface area contributed by atoms with Crippen LogP contribution in [0.3, 0.4) is 0 Å². The number of hydrogen-bond donors (Lipinski definition) is 7. The van der Waals surface area contributed by atoms with Gasteiger partial charge < -0.3 is 63.4 Å². The van der Waals surface area contributed by atoms with Gasteiger partial charge in [-0.05, 0) is 0 Å². The van der Waals surface area contributed by atoms with Gasteiger partial charge in [-0.25, -0.2) is 0 Å². The zero-order chi connectivity index (χ0) is 9.33. The van der Waals surface area contributed by atoms with Crippen LogP contribution >= 0.6 is 0 Å². The third-order valence-electron chi connectivity index (χ3n) is 0.945. The molecular weight excluding hydrogens is 450 g/mol. The zero-order valence-corrected chi connectivity index (χ0v) is 12.1. The second-order valence-electron chi connectivity index (χ2n) is 1.92. The molecule has 0 rings (SSSR count). The average molecular weight is 468 g/mol. The SMILES string of the molecule is N.N.NC(CO)(CO)CO.O=NO.[Cl-].[Cl-].[Pt+4]. The number of hydrogen-bond acceptors (Lipinski definition) is 8. The molecule has 0 heterocycles. The first kappa shape index (κ1) is 44.0. The van der Waals surface area contributed by atoms with Crippen molar-refractivity contribution in [3.05, 3.63) is 4.91 Å². The van der Waals surface area contributed by atoms with E-state index in [2.05, 4.69) is 0 Å². The van der Waals surface area contributed by atoms with Crippen molar-refractivity contribution in [1.29, 1.82) is 0 Å². The molecule has 16 heavy (non-hydrogen) atoms. The molecule has 0 atom stereocenters. The molecule has 0 aromatic heterocycles. The molecule has 12 N–H and O–H groups in total. The summed E-state index contributed by atoms with van der Waals surface area (Å²) in [4.78, 5) is 8.11. The molecule has 0 aliphatic heterocycles. The van der Waals surface area contributed by atoms with Gasteiger partial charge in [0.25, 0.3) is 0 Å². The van der Waals surface area contributed by atoms with Gasteiger partial charge in [-0.3, -0.25) is 0 Å². The maximum atomic E-state index is 8.34. The van der Waals surface area contributed by atoms with E-state index < -0.39 is 25.4 Å². The molecule has 0 amide bonds. The van der Waals surface area contributed by atoms with Gasteiger partial charge in [-0.1, -0.05) is 0 Å². The van der Waals surface area contributed by atoms with Gasteiger partial charge in [0.05, 0.1) is 25.4 Å². The van der Waals surface area contributed by atoms with Crippen LogP contribution in [0.5, 0.6) is 0 Å². The summed E-state index contributed by atoms with van der Waals surface area (Å²) in [5.41, 5.74) is 3.94. The Morgan fingerprint density at radius 3 is 1.12 bits per heavy atom. The Kier molecular flexibility index (Phi) is 81.2. The third kappa shape index (κ3) is 29.3. The van der Waals surface area contributed by atoms with Crippen LogP contribution in [0.15, 0.2) is 5.34 Å². The minimum Gasteiger partial charge on any atom is -1.00 e. The van der Waals surface area contributed by atoms with E-state index in [1.807, 2.05) is 0 Å². The Hall–Kier alpha value is 0.428. The normalized spacial score (nSPS) is 6.75. The molecule has 0 spiro atoms.